The first-order chi connectivity index (χ1) is 8.15. The molecular weight excluding hydrogens is 224 g/mol. The molecule has 1 aliphatic heterocycles. The van der Waals surface area contributed by atoms with Crippen LogP contribution in [0.2, 0.25) is 0 Å². The van der Waals surface area contributed by atoms with Crippen LogP contribution in [0.1, 0.15) is 32.1 Å². The van der Waals surface area contributed by atoms with Crippen molar-refractivity contribution >= 4 is 18.3 Å². The van der Waals surface area contributed by atoms with Gasteiger partial charge in [-0.25, -0.2) is 4.79 Å². The molecule has 6 heteroatoms. The van der Waals surface area contributed by atoms with Gasteiger partial charge in [-0.1, -0.05) is 0 Å². The Labute approximate surface area is 100.0 Å². The van der Waals surface area contributed by atoms with Gasteiger partial charge in [0.25, 0.3) is 0 Å². The fourth-order valence-electron chi connectivity index (χ4n) is 1.93. The van der Waals surface area contributed by atoms with Gasteiger partial charge in [-0.05, 0) is 25.7 Å². The number of nitrogens with zero attached hydrogens (tertiary/aromatic N) is 1. The number of likely N-dealkylation sites (tertiary alicyclic amines) is 1. The summed E-state index contributed by atoms with van der Waals surface area (Å²) in [5, 5.41) is 11.0. The number of hydrogen-bond acceptors (Lipinski definition) is 3. The van der Waals surface area contributed by atoms with Crippen molar-refractivity contribution in [3.8, 4) is 0 Å². The maximum absolute atomic E-state index is 11.7. The van der Waals surface area contributed by atoms with Crippen molar-refractivity contribution in [2.75, 3.05) is 13.1 Å². The molecule has 1 fully saturated rings. The molecule has 0 aliphatic carbocycles. The number of amides is 2. The summed E-state index contributed by atoms with van der Waals surface area (Å²) in [5.74, 6) is -1.13. The molecule has 1 heterocycles. The van der Waals surface area contributed by atoms with E-state index in [2.05, 4.69) is 5.32 Å². The van der Waals surface area contributed by atoms with Crippen LogP contribution in [-0.4, -0.2) is 47.4 Å². The van der Waals surface area contributed by atoms with Crippen molar-refractivity contribution in [1.82, 2.24) is 10.2 Å². The Balaban J connectivity index is 2.34. The lowest BCUT2D eigenvalue weighted by Gasteiger charge is -2.27. The van der Waals surface area contributed by atoms with E-state index in [0.717, 1.165) is 32.4 Å². The summed E-state index contributed by atoms with van der Waals surface area (Å²) in [6.45, 7) is 1.52. The van der Waals surface area contributed by atoms with Crippen molar-refractivity contribution in [3.63, 3.8) is 0 Å². The molecule has 1 aliphatic rings. The van der Waals surface area contributed by atoms with Crippen molar-refractivity contribution < 1.29 is 19.5 Å². The molecule has 1 rings (SSSR count). The number of hydrogen-bond donors (Lipinski definition) is 2. The molecule has 1 saturated heterocycles. The van der Waals surface area contributed by atoms with E-state index in [1.165, 1.54) is 0 Å². The zero-order valence-corrected chi connectivity index (χ0v) is 9.72. The largest absolute Gasteiger partial charge is 0.480 e. The predicted molar refractivity (Wildman–Crippen MR) is 60.3 cm³/mol. The number of aliphatic carboxylic acids is 1. The van der Waals surface area contributed by atoms with Crippen LogP contribution in [0.4, 0.5) is 0 Å². The zero-order valence-electron chi connectivity index (χ0n) is 9.72. The van der Waals surface area contributed by atoms with E-state index in [1.807, 2.05) is 0 Å². The number of carboxylic acids is 1. The average molecular weight is 242 g/mol. The van der Waals surface area contributed by atoms with Gasteiger partial charge < -0.3 is 15.3 Å². The molecule has 2 amide bonds. The van der Waals surface area contributed by atoms with Gasteiger partial charge in [-0.15, -0.1) is 0 Å². The molecule has 0 aromatic carbocycles. The standard InChI is InChI=1S/C11H18N2O4/c14-8-12-9(11(16)17)4-5-10(15)13-6-2-1-3-7-13/h8-9H,1-7H2,(H,12,14)(H,16,17). The van der Waals surface area contributed by atoms with E-state index in [-0.39, 0.29) is 18.7 Å². The molecule has 0 spiro atoms. The minimum atomic E-state index is -1.11. The Bertz CT molecular complexity index is 287. The third kappa shape index (κ3) is 4.42. The number of carbonyl (C=O) groups excluding carboxylic acids is 2. The summed E-state index contributed by atoms with van der Waals surface area (Å²) in [6, 6.07) is -0.971. The van der Waals surface area contributed by atoms with E-state index in [1.54, 1.807) is 4.90 Å². The zero-order chi connectivity index (χ0) is 12.7. The van der Waals surface area contributed by atoms with Crippen molar-refractivity contribution in [1.29, 1.82) is 0 Å². The monoisotopic (exact) mass is 242 g/mol. The maximum atomic E-state index is 11.7. The number of carbonyl (C=O) groups is 3. The second-order valence-electron chi connectivity index (χ2n) is 4.16. The molecule has 17 heavy (non-hydrogen) atoms. The first-order valence-corrected chi connectivity index (χ1v) is 5.85. The van der Waals surface area contributed by atoms with Gasteiger partial charge >= 0.3 is 5.97 Å². The van der Waals surface area contributed by atoms with Crippen LogP contribution in [-0.2, 0) is 14.4 Å². The number of piperidine rings is 1. The molecule has 0 saturated carbocycles. The van der Waals surface area contributed by atoms with Crippen LogP contribution in [0.15, 0.2) is 0 Å². The molecule has 96 valence electrons. The summed E-state index contributed by atoms with van der Waals surface area (Å²) in [7, 11) is 0. The fourth-order valence-corrected chi connectivity index (χ4v) is 1.93. The highest BCUT2D eigenvalue weighted by atomic mass is 16.4. The van der Waals surface area contributed by atoms with Crippen LogP contribution in [0.25, 0.3) is 0 Å². The minimum absolute atomic E-state index is 0.0244. The Morgan fingerprint density at radius 3 is 2.47 bits per heavy atom. The first kappa shape index (κ1) is 13.5. The van der Waals surface area contributed by atoms with Gasteiger partial charge in [0, 0.05) is 19.5 Å². The molecular formula is C11H18N2O4. The molecule has 0 aromatic rings. The highest BCUT2D eigenvalue weighted by Crippen LogP contribution is 2.11. The molecule has 0 aromatic heterocycles. The lowest BCUT2D eigenvalue weighted by Crippen LogP contribution is -2.39. The van der Waals surface area contributed by atoms with Crippen LogP contribution < -0.4 is 5.32 Å². The summed E-state index contributed by atoms with van der Waals surface area (Å²) in [4.78, 5) is 34.4. The molecule has 6 nitrogen and oxygen atoms in total. The molecule has 0 bridgehead atoms. The topological polar surface area (TPSA) is 86.7 Å². The second-order valence-corrected chi connectivity index (χ2v) is 4.16. The highest BCUT2D eigenvalue weighted by molar-refractivity contribution is 5.79. The minimum Gasteiger partial charge on any atom is -0.480 e. The average Bonchev–Trinajstić information content (AvgIpc) is 2.34. The highest BCUT2D eigenvalue weighted by Gasteiger charge is 2.21. The van der Waals surface area contributed by atoms with Gasteiger partial charge in [0.1, 0.15) is 6.04 Å². The Hall–Kier alpha value is -1.59. The molecule has 1 unspecified atom stereocenters. The van der Waals surface area contributed by atoms with Gasteiger partial charge in [-0.3, -0.25) is 9.59 Å². The summed E-state index contributed by atoms with van der Waals surface area (Å²) < 4.78 is 0. The Kier molecular flexibility index (Phi) is 5.45. The fraction of sp³-hybridized carbons (Fsp3) is 0.727. The van der Waals surface area contributed by atoms with Crippen molar-refractivity contribution in [2.24, 2.45) is 0 Å². The maximum Gasteiger partial charge on any atom is 0.326 e. The van der Waals surface area contributed by atoms with Crippen LogP contribution in [0, 0.1) is 0 Å². The first-order valence-electron chi connectivity index (χ1n) is 5.85. The van der Waals surface area contributed by atoms with Crippen LogP contribution in [0.3, 0.4) is 0 Å². The molecule has 2 N–H and O–H groups in total. The third-order valence-electron chi connectivity index (χ3n) is 2.92. The number of carboxylic acid groups (broad SMARTS) is 1. The number of nitrogens with one attached hydrogen (secondary N) is 1. The van der Waals surface area contributed by atoms with E-state index in [4.69, 9.17) is 5.11 Å². The van der Waals surface area contributed by atoms with Crippen LogP contribution >= 0.6 is 0 Å². The van der Waals surface area contributed by atoms with Gasteiger partial charge in [0.05, 0.1) is 0 Å². The van der Waals surface area contributed by atoms with Crippen LogP contribution in [0.5, 0.6) is 0 Å². The quantitative estimate of drug-likeness (QED) is 0.641. The summed E-state index contributed by atoms with van der Waals surface area (Å²) in [5.41, 5.74) is 0. The van der Waals surface area contributed by atoms with E-state index < -0.39 is 12.0 Å². The van der Waals surface area contributed by atoms with E-state index in [9.17, 15) is 14.4 Å². The van der Waals surface area contributed by atoms with Gasteiger partial charge in [-0.2, -0.15) is 0 Å². The Morgan fingerprint density at radius 2 is 1.94 bits per heavy atom. The Morgan fingerprint density at radius 1 is 1.29 bits per heavy atom. The predicted octanol–water partition coefficient (Wildman–Crippen LogP) is -0.0217. The summed E-state index contributed by atoms with van der Waals surface area (Å²) >= 11 is 0. The number of rotatable bonds is 6. The van der Waals surface area contributed by atoms with E-state index >= 15 is 0 Å². The van der Waals surface area contributed by atoms with Crippen molar-refractivity contribution in [3.05, 3.63) is 0 Å². The second kappa shape index (κ2) is 6.88. The van der Waals surface area contributed by atoms with Crippen molar-refractivity contribution in [2.45, 2.75) is 38.1 Å². The lowest BCUT2D eigenvalue weighted by molar-refractivity contribution is -0.141. The summed E-state index contributed by atoms with van der Waals surface area (Å²) in [6.07, 6.45) is 3.83. The molecule has 1 atom stereocenters. The van der Waals surface area contributed by atoms with E-state index in [0.29, 0.717) is 6.41 Å². The smallest absolute Gasteiger partial charge is 0.326 e. The SMILES string of the molecule is O=CNC(CCC(=O)N1CCCCC1)C(=O)O. The molecule has 0 radical (unpaired) electrons. The van der Waals surface area contributed by atoms with Gasteiger partial charge in [0.15, 0.2) is 0 Å². The third-order valence-corrected chi connectivity index (χ3v) is 2.92. The lowest BCUT2D eigenvalue weighted by atomic mass is 10.1. The normalized spacial score (nSPS) is 17.3. The van der Waals surface area contributed by atoms with Gasteiger partial charge in [0.2, 0.25) is 12.3 Å².